The number of methoxy groups -OCH3 is 1. The summed E-state index contributed by atoms with van der Waals surface area (Å²) >= 11 is 0. The third-order valence-electron chi connectivity index (χ3n) is 5.14. The van der Waals surface area contributed by atoms with Crippen LogP contribution in [-0.2, 0) is 11.3 Å². The average Bonchev–Trinajstić information content (AvgIpc) is 2.98. The SMILES string of the molecule is COc1ccccc1CN(C)C(=O)C1CC2CCCCC2N1. The van der Waals surface area contributed by atoms with Crippen molar-refractivity contribution in [2.24, 2.45) is 5.92 Å². The van der Waals surface area contributed by atoms with Crippen molar-refractivity contribution in [3.05, 3.63) is 29.8 Å². The van der Waals surface area contributed by atoms with Crippen LogP contribution in [0.2, 0.25) is 0 Å². The van der Waals surface area contributed by atoms with E-state index in [1.807, 2.05) is 36.2 Å². The Morgan fingerprint density at radius 3 is 2.86 bits per heavy atom. The molecule has 3 rings (SSSR count). The molecule has 1 aromatic carbocycles. The van der Waals surface area contributed by atoms with Gasteiger partial charge in [0.1, 0.15) is 5.75 Å². The van der Waals surface area contributed by atoms with Crippen LogP contribution < -0.4 is 10.1 Å². The van der Waals surface area contributed by atoms with Crippen molar-refractivity contribution in [3.8, 4) is 5.75 Å². The lowest BCUT2D eigenvalue weighted by atomic mass is 9.85. The van der Waals surface area contributed by atoms with Crippen molar-refractivity contribution < 1.29 is 9.53 Å². The van der Waals surface area contributed by atoms with Crippen molar-refractivity contribution in [2.45, 2.75) is 50.7 Å². The predicted molar refractivity (Wildman–Crippen MR) is 86.8 cm³/mol. The van der Waals surface area contributed by atoms with E-state index in [4.69, 9.17) is 4.74 Å². The molecule has 1 N–H and O–H groups in total. The van der Waals surface area contributed by atoms with Gasteiger partial charge in [-0.05, 0) is 31.2 Å². The lowest BCUT2D eigenvalue weighted by molar-refractivity contribution is -0.132. The second-order valence-electron chi connectivity index (χ2n) is 6.61. The molecule has 0 radical (unpaired) electrons. The molecule has 1 aromatic rings. The maximum Gasteiger partial charge on any atom is 0.239 e. The van der Waals surface area contributed by atoms with Gasteiger partial charge in [0.2, 0.25) is 5.91 Å². The first-order valence-electron chi connectivity index (χ1n) is 8.32. The van der Waals surface area contributed by atoms with Crippen LogP contribution in [0, 0.1) is 5.92 Å². The highest BCUT2D eigenvalue weighted by Crippen LogP contribution is 2.33. The lowest BCUT2D eigenvalue weighted by Gasteiger charge is -2.24. The number of hydrogen-bond acceptors (Lipinski definition) is 3. The highest BCUT2D eigenvalue weighted by molar-refractivity contribution is 5.82. The minimum Gasteiger partial charge on any atom is -0.496 e. The molecule has 0 aromatic heterocycles. The lowest BCUT2D eigenvalue weighted by Crippen LogP contribution is -2.43. The monoisotopic (exact) mass is 302 g/mol. The van der Waals surface area contributed by atoms with E-state index in [0.29, 0.717) is 18.5 Å². The molecule has 3 atom stereocenters. The molecular weight excluding hydrogens is 276 g/mol. The smallest absolute Gasteiger partial charge is 0.239 e. The Morgan fingerprint density at radius 1 is 1.32 bits per heavy atom. The largest absolute Gasteiger partial charge is 0.496 e. The summed E-state index contributed by atoms with van der Waals surface area (Å²) in [7, 11) is 3.56. The molecule has 1 saturated heterocycles. The molecule has 4 heteroatoms. The van der Waals surface area contributed by atoms with Gasteiger partial charge in [0, 0.05) is 25.2 Å². The van der Waals surface area contributed by atoms with E-state index in [1.54, 1.807) is 7.11 Å². The summed E-state index contributed by atoms with van der Waals surface area (Å²) in [4.78, 5) is 14.5. The van der Waals surface area contributed by atoms with Gasteiger partial charge in [-0.15, -0.1) is 0 Å². The van der Waals surface area contributed by atoms with Gasteiger partial charge in [-0.2, -0.15) is 0 Å². The summed E-state index contributed by atoms with van der Waals surface area (Å²) in [6.45, 7) is 0.594. The van der Waals surface area contributed by atoms with Crippen molar-refractivity contribution >= 4 is 5.91 Å². The summed E-state index contributed by atoms with van der Waals surface area (Å²) in [6, 6.07) is 8.45. The van der Waals surface area contributed by atoms with Crippen molar-refractivity contribution in [3.63, 3.8) is 0 Å². The molecule has 22 heavy (non-hydrogen) atoms. The number of fused-ring (bicyclic) bond motifs is 1. The van der Waals surface area contributed by atoms with Gasteiger partial charge in [-0.3, -0.25) is 4.79 Å². The van der Waals surface area contributed by atoms with Crippen LogP contribution in [0.1, 0.15) is 37.7 Å². The van der Waals surface area contributed by atoms with E-state index < -0.39 is 0 Å². The topological polar surface area (TPSA) is 41.6 Å². The molecule has 0 spiro atoms. The Bertz CT molecular complexity index is 518. The number of nitrogens with zero attached hydrogens (tertiary/aromatic N) is 1. The fourth-order valence-electron chi connectivity index (χ4n) is 3.94. The fraction of sp³-hybridized carbons (Fsp3) is 0.611. The third kappa shape index (κ3) is 3.12. The van der Waals surface area contributed by atoms with Gasteiger partial charge in [-0.25, -0.2) is 0 Å². The van der Waals surface area contributed by atoms with E-state index >= 15 is 0 Å². The fourth-order valence-corrected chi connectivity index (χ4v) is 3.94. The minimum absolute atomic E-state index is 0.00666. The zero-order valence-electron chi connectivity index (χ0n) is 13.5. The van der Waals surface area contributed by atoms with Crippen molar-refractivity contribution in [2.75, 3.05) is 14.2 Å². The van der Waals surface area contributed by atoms with Crippen LogP contribution in [0.4, 0.5) is 0 Å². The van der Waals surface area contributed by atoms with E-state index in [-0.39, 0.29) is 11.9 Å². The zero-order valence-corrected chi connectivity index (χ0v) is 13.5. The number of amides is 1. The highest BCUT2D eigenvalue weighted by atomic mass is 16.5. The molecule has 1 aliphatic heterocycles. The Hall–Kier alpha value is -1.55. The normalized spacial score (nSPS) is 27.3. The van der Waals surface area contributed by atoms with Crippen LogP contribution in [0.15, 0.2) is 24.3 Å². The molecule has 120 valence electrons. The number of ether oxygens (including phenoxy) is 1. The van der Waals surface area contributed by atoms with Crippen LogP contribution >= 0.6 is 0 Å². The summed E-state index contributed by atoms with van der Waals surface area (Å²) in [6.07, 6.45) is 6.12. The predicted octanol–water partition coefficient (Wildman–Crippen LogP) is 2.57. The summed E-state index contributed by atoms with van der Waals surface area (Å²) in [5, 5.41) is 3.57. The number of carbonyl (C=O) groups excluding carboxylic acids is 1. The number of hydrogen-bond donors (Lipinski definition) is 1. The van der Waals surface area contributed by atoms with Crippen LogP contribution in [0.25, 0.3) is 0 Å². The van der Waals surface area contributed by atoms with Gasteiger partial charge in [0.15, 0.2) is 0 Å². The molecule has 4 nitrogen and oxygen atoms in total. The van der Waals surface area contributed by atoms with Crippen LogP contribution in [0.3, 0.4) is 0 Å². The van der Waals surface area contributed by atoms with E-state index in [1.165, 1.54) is 25.7 Å². The molecule has 3 unspecified atom stereocenters. The average molecular weight is 302 g/mol. The standard InChI is InChI=1S/C18H26N2O2/c1-20(12-14-8-4-6-10-17(14)22-2)18(21)16-11-13-7-3-5-9-15(13)19-16/h4,6,8,10,13,15-16,19H,3,5,7,9,11-12H2,1-2H3. The molecule has 2 aliphatic rings. The minimum atomic E-state index is -0.00666. The second kappa shape index (κ2) is 6.69. The maximum atomic E-state index is 12.7. The number of para-hydroxylation sites is 1. The summed E-state index contributed by atoms with van der Waals surface area (Å²) in [5.41, 5.74) is 1.05. The first kappa shape index (κ1) is 15.3. The van der Waals surface area contributed by atoms with Gasteiger partial charge in [0.25, 0.3) is 0 Å². The Labute approximate surface area is 132 Å². The van der Waals surface area contributed by atoms with Gasteiger partial charge in [0.05, 0.1) is 13.2 Å². The molecular formula is C18H26N2O2. The van der Waals surface area contributed by atoms with E-state index in [9.17, 15) is 4.79 Å². The Balaban J connectivity index is 1.62. The number of nitrogens with one attached hydrogen (secondary N) is 1. The van der Waals surface area contributed by atoms with E-state index in [0.717, 1.165) is 17.7 Å². The number of likely N-dealkylation sites (N-methyl/N-ethyl adjacent to an activating group) is 1. The summed E-state index contributed by atoms with van der Waals surface area (Å²) < 4.78 is 5.38. The van der Waals surface area contributed by atoms with Gasteiger partial charge >= 0.3 is 0 Å². The molecule has 0 bridgehead atoms. The molecule has 1 aliphatic carbocycles. The number of carbonyl (C=O) groups is 1. The van der Waals surface area contributed by atoms with Crippen molar-refractivity contribution in [1.29, 1.82) is 0 Å². The maximum absolute atomic E-state index is 12.7. The first-order valence-corrected chi connectivity index (χ1v) is 8.32. The molecule has 2 fully saturated rings. The first-order chi connectivity index (χ1) is 10.7. The second-order valence-corrected chi connectivity index (χ2v) is 6.61. The van der Waals surface area contributed by atoms with Gasteiger partial charge < -0.3 is 15.0 Å². The Morgan fingerprint density at radius 2 is 2.09 bits per heavy atom. The Kier molecular flexibility index (Phi) is 4.67. The quantitative estimate of drug-likeness (QED) is 0.929. The molecule has 1 saturated carbocycles. The number of benzene rings is 1. The van der Waals surface area contributed by atoms with Crippen LogP contribution in [0.5, 0.6) is 5.75 Å². The molecule has 1 amide bonds. The zero-order chi connectivity index (χ0) is 15.5. The van der Waals surface area contributed by atoms with Crippen LogP contribution in [-0.4, -0.2) is 37.0 Å². The highest BCUT2D eigenvalue weighted by Gasteiger charge is 2.39. The summed E-state index contributed by atoms with van der Waals surface area (Å²) in [5.74, 6) is 1.75. The van der Waals surface area contributed by atoms with Gasteiger partial charge in [-0.1, -0.05) is 31.0 Å². The van der Waals surface area contributed by atoms with E-state index in [2.05, 4.69) is 5.32 Å². The van der Waals surface area contributed by atoms with Crippen molar-refractivity contribution in [1.82, 2.24) is 10.2 Å². The third-order valence-corrected chi connectivity index (χ3v) is 5.14. The molecule has 1 heterocycles. The number of rotatable bonds is 4.